The second-order valence-electron chi connectivity index (χ2n) is 7.90. The Morgan fingerprint density at radius 1 is 1.07 bits per heavy atom. The van der Waals surface area contributed by atoms with Crippen LogP contribution in [0.5, 0.6) is 11.5 Å². The van der Waals surface area contributed by atoms with Crippen molar-refractivity contribution in [1.29, 1.82) is 0 Å². The van der Waals surface area contributed by atoms with Crippen LogP contribution in [0.15, 0.2) is 23.2 Å². The lowest BCUT2D eigenvalue weighted by Gasteiger charge is -2.35. The van der Waals surface area contributed by atoms with Gasteiger partial charge in [0, 0.05) is 64.0 Å². The SMILES string of the molecule is CCNC(=NCC(C)CN1CCN(CC)CC1)Nc1ccc2c(c1)OCCCO2. The van der Waals surface area contributed by atoms with E-state index in [1.54, 1.807) is 0 Å². The van der Waals surface area contributed by atoms with Crippen molar-refractivity contribution in [2.24, 2.45) is 10.9 Å². The van der Waals surface area contributed by atoms with Crippen LogP contribution < -0.4 is 20.1 Å². The molecule has 1 aromatic carbocycles. The maximum absolute atomic E-state index is 5.79. The molecule has 0 aromatic heterocycles. The Bertz CT molecular complexity index is 659. The summed E-state index contributed by atoms with van der Waals surface area (Å²) in [4.78, 5) is 9.90. The number of fused-ring (bicyclic) bond motifs is 1. The summed E-state index contributed by atoms with van der Waals surface area (Å²) < 4.78 is 11.5. The van der Waals surface area contributed by atoms with E-state index in [2.05, 4.69) is 41.2 Å². The number of likely N-dealkylation sites (N-methyl/N-ethyl adjacent to an activating group) is 1. The lowest BCUT2D eigenvalue weighted by molar-refractivity contribution is 0.125. The molecule has 7 heteroatoms. The molecule has 0 spiro atoms. The number of anilines is 1. The molecular formula is C22H37N5O2. The normalized spacial score (nSPS) is 19.5. The summed E-state index contributed by atoms with van der Waals surface area (Å²) in [6, 6.07) is 5.96. The zero-order chi connectivity index (χ0) is 20.5. The van der Waals surface area contributed by atoms with Crippen LogP contribution in [-0.2, 0) is 0 Å². The van der Waals surface area contributed by atoms with Gasteiger partial charge in [0.25, 0.3) is 0 Å². The van der Waals surface area contributed by atoms with E-state index in [0.717, 1.165) is 68.8 Å². The third kappa shape index (κ3) is 6.78. The van der Waals surface area contributed by atoms with E-state index in [-0.39, 0.29) is 0 Å². The minimum atomic E-state index is 0.516. The highest BCUT2D eigenvalue weighted by Gasteiger charge is 2.17. The lowest BCUT2D eigenvalue weighted by atomic mass is 10.1. The molecule has 0 aliphatic carbocycles. The Labute approximate surface area is 175 Å². The molecule has 2 heterocycles. The van der Waals surface area contributed by atoms with Gasteiger partial charge in [-0.25, -0.2) is 0 Å². The van der Waals surface area contributed by atoms with E-state index in [4.69, 9.17) is 14.5 Å². The van der Waals surface area contributed by atoms with Crippen LogP contribution in [0.1, 0.15) is 27.2 Å². The summed E-state index contributed by atoms with van der Waals surface area (Å²) >= 11 is 0. The number of hydrogen-bond acceptors (Lipinski definition) is 5. The first-order valence-corrected chi connectivity index (χ1v) is 11.1. The Balaban J connectivity index is 1.53. The maximum atomic E-state index is 5.79. The molecule has 1 fully saturated rings. The Hall–Kier alpha value is -1.99. The number of guanidine groups is 1. The summed E-state index contributed by atoms with van der Waals surface area (Å²) in [6.07, 6.45) is 0.910. The first-order chi connectivity index (χ1) is 14.2. The first-order valence-electron chi connectivity index (χ1n) is 11.1. The van der Waals surface area contributed by atoms with Gasteiger partial charge in [0.1, 0.15) is 0 Å². The van der Waals surface area contributed by atoms with Gasteiger partial charge in [0.05, 0.1) is 13.2 Å². The molecule has 162 valence electrons. The zero-order valence-electron chi connectivity index (χ0n) is 18.2. The third-order valence-electron chi connectivity index (χ3n) is 5.40. The average molecular weight is 404 g/mol. The number of rotatable bonds is 7. The van der Waals surface area contributed by atoms with Gasteiger partial charge in [-0.15, -0.1) is 0 Å². The topological polar surface area (TPSA) is 61.4 Å². The van der Waals surface area contributed by atoms with E-state index in [1.165, 1.54) is 13.1 Å². The molecule has 1 atom stereocenters. The van der Waals surface area contributed by atoms with Crippen LogP contribution in [-0.4, -0.2) is 81.3 Å². The molecule has 7 nitrogen and oxygen atoms in total. The molecule has 0 saturated carbocycles. The predicted molar refractivity (Wildman–Crippen MR) is 119 cm³/mol. The van der Waals surface area contributed by atoms with Gasteiger partial charge >= 0.3 is 0 Å². The highest BCUT2D eigenvalue weighted by atomic mass is 16.5. The van der Waals surface area contributed by atoms with Crippen molar-refractivity contribution in [3.63, 3.8) is 0 Å². The maximum Gasteiger partial charge on any atom is 0.195 e. The number of nitrogens with zero attached hydrogens (tertiary/aromatic N) is 3. The second-order valence-corrected chi connectivity index (χ2v) is 7.90. The monoisotopic (exact) mass is 403 g/mol. The largest absolute Gasteiger partial charge is 0.490 e. The summed E-state index contributed by atoms with van der Waals surface area (Å²) in [5.74, 6) is 2.93. The summed E-state index contributed by atoms with van der Waals surface area (Å²) in [5, 5.41) is 6.75. The number of aliphatic imine (C=N–C) groups is 1. The van der Waals surface area contributed by atoms with Crippen LogP contribution >= 0.6 is 0 Å². The van der Waals surface area contributed by atoms with Gasteiger partial charge in [-0.05, 0) is 31.5 Å². The fraction of sp³-hybridized carbons (Fsp3) is 0.682. The smallest absolute Gasteiger partial charge is 0.195 e. The average Bonchev–Trinajstić information content (AvgIpc) is 2.98. The van der Waals surface area contributed by atoms with Crippen molar-refractivity contribution < 1.29 is 9.47 Å². The minimum absolute atomic E-state index is 0.516. The van der Waals surface area contributed by atoms with Gasteiger partial charge in [-0.1, -0.05) is 13.8 Å². The van der Waals surface area contributed by atoms with Gasteiger partial charge in [-0.3, -0.25) is 4.99 Å². The van der Waals surface area contributed by atoms with Crippen molar-refractivity contribution in [2.45, 2.75) is 27.2 Å². The first kappa shape index (κ1) is 21.7. The lowest BCUT2D eigenvalue weighted by Crippen LogP contribution is -2.47. The minimum Gasteiger partial charge on any atom is -0.490 e. The van der Waals surface area contributed by atoms with E-state index in [0.29, 0.717) is 19.1 Å². The molecular weight excluding hydrogens is 366 g/mol. The van der Waals surface area contributed by atoms with E-state index < -0.39 is 0 Å². The molecule has 2 aliphatic rings. The van der Waals surface area contributed by atoms with Crippen LogP contribution in [0.4, 0.5) is 5.69 Å². The van der Waals surface area contributed by atoms with E-state index in [9.17, 15) is 0 Å². The molecule has 2 aliphatic heterocycles. The molecule has 29 heavy (non-hydrogen) atoms. The number of nitrogens with one attached hydrogen (secondary N) is 2. The van der Waals surface area contributed by atoms with Crippen molar-refractivity contribution in [2.75, 3.05) is 70.9 Å². The highest BCUT2D eigenvalue weighted by Crippen LogP contribution is 2.32. The molecule has 2 N–H and O–H groups in total. The summed E-state index contributed by atoms with van der Waals surface area (Å²) in [7, 11) is 0. The van der Waals surface area contributed by atoms with Crippen LogP contribution in [0.2, 0.25) is 0 Å². The Morgan fingerprint density at radius 3 is 2.52 bits per heavy atom. The Kier molecular flexibility index (Phi) is 8.43. The van der Waals surface area contributed by atoms with Crippen LogP contribution in [0, 0.1) is 5.92 Å². The quantitative estimate of drug-likeness (QED) is 0.539. The number of piperazine rings is 1. The molecule has 0 amide bonds. The second kappa shape index (κ2) is 11.3. The van der Waals surface area contributed by atoms with Crippen LogP contribution in [0.3, 0.4) is 0 Å². The molecule has 1 saturated heterocycles. The zero-order valence-corrected chi connectivity index (χ0v) is 18.2. The van der Waals surface area contributed by atoms with Crippen molar-refractivity contribution >= 4 is 11.6 Å². The van der Waals surface area contributed by atoms with Gasteiger partial charge in [0.2, 0.25) is 0 Å². The van der Waals surface area contributed by atoms with Crippen LogP contribution in [0.25, 0.3) is 0 Å². The van der Waals surface area contributed by atoms with E-state index in [1.807, 2.05) is 18.2 Å². The highest BCUT2D eigenvalue weighted by molar-refractivity contribution is 5.93. The standard InChI is InChI=1S/C22H37N5O2/c1-4-23-22(24-16-18(3)17-27-11-9-26(5-2)10-12-27)25-19-7-8-20-21(15-19)29-14-6-13-28-20/h7-8,15,18H,4-6,9-14,16-17H2,1-3H3,(H2,23,24,25). The van der Waals surface area contributed by atoms with Crippen molar-refractivity contribution in [3.05, 3.63) is 18.2 Å². The van der Waals surface area contributed by atoms with Crippen molar-refractivity contribution in [1.82, 2.24) is 15.1 Å². The Morgan fingerprint density at radius 2 is 1.79 bits per heavy atom. The molecule has 3 rings (SSSR count). The molecule has 0 radical (unpaired) electrons. The third-order valence-corrected chi connectivity index (χ3v) is 5.40. The van der Waals surface area contributed by atoms with Crippen molar-refractivity contribution in [3.8, 4) is 11.5 Å². The summed E-state index contributed by atoms with van der Waals surface area (Å²) in [5.41, 5.74) is 0.956. The van der Waals surface area contributed by atoms with E-state index >= 15 is 0 Å². The fourth-order valence-electron chi connectivity index (χ4n) is 3.72. The molecule has 1 aromatic rings. The summed E-state index contributed by atoms with van der Waals surface area (Å²) in [6.45, 7) is 16.6. The predicted octanol–water partition coefficient (Wildman–Crippen LogP) is 2.50. The molecule has 0 bridgehead atoms. The van der Waals surface area contributed by atoms with Gasteiger partial charge in [0.15, 0.2) is 17.5 Å². The fourth-order valence-corrected chi connectivity index (χ4v) is 3.72. The van der Waals surface area contributed by atoms with Gasteiger partial charge in [-0.2, -0.15) is 0 Å². The number of ether oxygens (including phenoxy) is 2. The number of hydrogen-bond donors (Lipinski definition) is 2. The van der Waals surface area contributed by atoms with Gasteiger partial charge < -0.3 is 29.9 Å². The molecule has 1 unspecified atom stereocenters. The number of benzene rings is 1.